The molecule has 0 saturated carbocycles. The molecule has 3 heterocycles. The van der Waals surface area contributed by atoms with Gasteiger partial charge in [0.2, 0.25) is 5.91 Å². The van der Waals surface area contributed by atoms with E-state index in [2.05, 4.69) is 20.6 Å². The predicted molar refractivity (Wildman–Crippen MR) is 145 cm³/mol. The maximum Gasteiger partial charge on any atom is 0.410 e. The number of aliphatic hydroxyl groups is 1. The van der Waals surface area contributed by atoms with Gasteiger partial charge in [-0.2, -0.15) is 0 Å². The Hall–Kier alpha value is -3.73. The summed E-state index contributed by atoms with van der Waals surface area (Å²) in [5.41, 5.74) is 1.54. The van der Waals surface area contributed by atoms with E-state index in [-0.39, 0.29) is 24.2 Å². The lowest BCUT2D eigenvalue weighted by Crippen LogP contribution is -2.54. The maximum absolute atomic E-state index is 13.0. The second kappa shape index (κ2) is 12.0. The van der Waals surface area contributed by atoms with Crippen LogP contribution >= 0.6 is 0 Å². The summed E-state index contributed by atoms with van der Waals surface area (Å²) < 4.78 is 5.61. The smallest absolute Gasteiger partial charge is 0.410 e. The van der Waals surface area contributed by atoms with Crippen molar-refractivity contribution in [1.29, 1.82) is 0 Å². The van der Waals surface area contributed by atoms with E-state index in [4.69, 9.17) is 4.74 Å². The lowest BCUT2D eigenvalue weighted by molar-refractivity contribution is -0.129. The van der Waals surface area contributed by atoms with E-state index in [1.807, 2.05) is 29.2 Å². The molecule has 2 aromatic rings. The fourth-order valence-electron chi connectivity index (χ4n) is 4.94. The summed E-state index contributed by atoms with van der Waals surface area (Å²) in [4.78, 5) is 49.1. The molecule has 11 heteroatoms. The summed E-state index contributed by atoms with van der Waals surface area (Å²) >= 11 is 0. The first-order valence-electron chi connectivity index (χ1n) is 13.4. The number of amides is 3. The third kappa shape index (κ3) is 7.44. The summed E-state index contributed by atoms with van der Waals surface area (Å²) in [5.74, 6) is 0.145. The van der Waals surface area contributed by atoms with Crippen molar-refractivity contribution in [2.75, 3.05) is 25.0 Å². The van der Waals surface area contributed by atoms with Gasteiger partial charge in [0.15, 0.2) is 0 Å². The van der Waals surface area contributed by atoms with Crippen molar-refractivity contribution in [2.24, 2.45) is 0 Å². The molecule has 1 aromatic carbocycles. The molecular weight excluding hydrogens is 500 g/mol. The highest BCUT2D eigenvalue weighted by Crippen LogP contribution is 2.27. The lowest BCUT2D eigenvalue weighted by atomic mass is 9.91. The molecule has 11 nitrogen and oxygen atoms in total. The summed E-state index contributed by atoms with van der Waals surface area (Å²) in [7, 11) is 0. The zero-order valence-electron chi connectivity index (χ0n) is 23.0. The topological polar surface area (TPSA) is 137 Å². The maximum atomic E-state index is 13.0. The van der Waals surface area contributed by atoms with Crippen LogP contribution in [0.5, 0.6) is 0 Å². The Kier molecular flexibility index (Phi) is 8.69. The molecule has 1 aromatic heterocycles. The zero-order valence-corrected chi connectivity index (χ0v) is 23.0. The van der Waals surface area contributed by atoms with Crippen LogP contribution in [0.4, 0.5) is 10.6 Å². The highest BCUT2D eigenvalue weighted by atomic mass is 16.6. The van der Waals surface area contributed by atoms with Gasteiger partial charge in [0, 0.05) is 45.2 Å². The zero-order chi connectivity index (χ0) is 28.2. The summed E-state index contributed by atoms with van der Waals surface area (Å²) in [5, 5.41) is 17.2. The van der Waals surface area contributed by atoms with Crippen molar-refractivity contribution in [1.82, 2.24) is 25.1 Å². The van der Waals surface area contributed by atoms with Crippen LogP contribution in [0, 0.1) is 0 Å². The van der Waals surface area contributed by atoms with Gasteiger partial charge < -0.3 is 25.4 Å². The molecular formula is C28H38N6O5. The van der Waals surface area contributed by atoms with Crippen molar-refractivity contribution < 1.29 is 24.2 Å². The number of aliphatic hydroxyl groups excluding tert-OH is 1. The first kappa shape index (κ1) is 28.3. The van der Waals surface area contributed by atoms with Gasteiger partial charge in [0.25, 0.3) is 5.91 Å². The van der Waals surface area contributed by atoms with E-state index in [1.165, 1.54) is 11.2 Å². The Labute approximate surface area is 228 Å². The van der Waals surface area contributed by atoms with Crippen molar-refractivity contribution in [2.45, 2.75) is 77.3 Å². The minimum absolute atomic E-state index is 0.0682. The van der Waals surface area contributed by atoms with Gasteiger partial charge >= 0.3 is 6.09 Å². The number of hydrogen-bond acceptors (Lipinski definition) is 8. The highest BCUT2D eigenvalue weighted by Gasteiger charge is 2.37. The molecule has 3 N–H and O–H groups in total. The first-order valence-corrected chi connectivity index (χ1v) is 13.4. The Balaban J connectivity index is 1.37. The molecule has 1 saturated heterocycles. The molecule has 39 heavy (non-hydrogen) atoms. The van der Waals surface area contributed by atoms with Gasteiger partial charge in [-0.3, -0.25) is 14.5 Å². The first-order chi connectivity index (χ1) is 18.5. The second-order valence-electron chi connectivity index (χ2n) is 11.1. The van der Waals surface area contributed by atoms with Crippen molar-refractivity contribution in [3.63, 3.8) is 0 Å². The van der Waals surface area contributed by atoms with E-state index in [0.29, 0.717) is 31.9 Å². The van der Waals surface area contributed by atoms with Gasteiger partial charge in [-0.1, -0.05) is 24.3 Å². The van der Waals surface area contributed by atoms with Crippen LogP contribution < -0.4 is 10.6 Å². The van der Waals surface area contributed by atoms with Crippen LogP contribution in [-0.4, -0.2) is 86.2 Å². The van der Waals surface area contributed by atoms with E-state index in [1.54, 1.807) is 33.8 Å². The van der Waals surface area contributed by atoms with Gasteiger partial charge in [-0.25, -0.2) is 14.8 Å². The molecule has 1 fully saturated rings. The molecule has 2 atom stereocenters. The summed E-state index contributed by atoms with van der Waals surface area (Å²) in [6, 6.07) is 8.94. The van der Waals surface area contributed by atoms with Crippen LogP contribution in [-0.2, 0) is 22.5 Å². The number of carbonyl (C=O) groups is 3. The van der Waals surface area contributed by atoms with E-state index >= 15 is 0 Å². The summed E-state index contributed by atoms with van der Waals surface area (Å²) in [6.45, 7) is 8.57. The van der Waals surface area contributed by atoms with Crippen LogP contribution in [0.3, 0.4) is 0 Å². The van der Waals surface area contributed by atoms with Crippen molar-refractivity contribution >= 4 is 23.7 Å². The number of hydrogen-bond donors (Lipinski definition) is 3. The number of anilines is 1. The number of nitrogens with one attached hydrogen (secondary N) is 2. The molecule has 210 valence electrons. The number of likely N-dealkylation sites (tertiary alicyclic amines) is 1. The lowest BCUT2D eigenvalue weighted by Gasteiger charge is -2.40. The largest absolute Gasteiger partial charge is 0.444 e. The average molecular weight is 539 g/mol. The van der Waals surface area contributed by atoms with Crippen molar-refractivity contribution in [3.8, 4) is 0 Å². The molecule has 4 rings (SSSR count). The van der Waals surface area contributed by atoms with Gasteiger partial charge in [-0.05, 0) is 51.2 Å². The summed E-state index contributed by atoms with van der Waals surface area (Å²) in [6.07, 6.45) is 1.80. The highest BCUT2D eigenvalue weighted by molar-refractivity contribution is 5.92. The third-order valence-electron chi connectivity index (χ3n) is 7.02. The Morgan fingerprint density at radius 2 is 1.82 bits per heavy atom. The molecule has 0 radical (unpaired) electrons. The number of aromatic nitrogens is 2. The number of fused-ring (bicyclic) bond motifs is 1. The molecule has 2 aliphatic heterocycles. The Bertz CT molecular complexity index is 1190. The second-order valence-corrected chi connectivity index (χ2v) is 11.1. The van der Waals surface area contributed by atoms with E-state index in [0.717, 1.165) is 24.0 Å². The number of carbonyl (C=O) groups excluding carboxylic acids is 3. The quantitative estimate of drug-likeness (QED) is 0.510. The Morgan fingerprint density at radius 3 is 2.49 bits per heavy atom. The monoisotopic (exact) mass is 538 g/mol. The van der Waals surface area contributed by atoms with Crippen LogP contribution in [0.1, 0.15) is 62.2 Å². The van der Waals surface area contributed by atoms with Crippen LogP contribution in [0.2, 0.25) is 0 Å². The standard InChI is InChI=1S/C28H38N6O5/c1-18(35)33-11-9-21(10-12-33)32-25-14-22(30-17-31-25)26(37)29-15-24(36)23-13-19-7-5-6-8-20(19)16-34(23)27(38)39-28(2,3)4/h5-8,14,17,21,23-24,36H,9-13,15-16H2,1-4H3,(H,29,37)(H,30,31,32)/t23-,24?/m0/s1. The molecule has 0 spiro atoms. The number of nitrogens with zero attached hydrogens (tertiary/aromatic N) is 4. The Morgan fingerprint density at radius 1 is 1.13 bits per heavy atom. The number of piperidine rings is 1. The fraction of sp³-hybridized carbons (Fsp3) is 0.536. The number of benzene rings is 1. The predicted octanol–water partition coefficient (Wildman–Crippen LogP) is 2.35. The van der Waals surface area contributed by atoms with E-state index < -0.39 is 29.7 Å². The van der Waals surface area contributed by atoms with Crippen LogP contribution in [0.15, 0.2) is 36.7 Å². The molecule has 0 aliphatic carbocycles. The number of ether oxygens (including phenoxy) is 1. The average Bonchev–Trinajstić information content (AvgIpc) is 2.90. The minimum atomic E-state index is -1.03. The van der Waals surface area contributed by atoms with Gasteiger partial charge in [0.1, 0.15) is 23.4 Å². The fourth-order valence-corrected chi connectivity index (χ4v) is 4.94. The normalized spacial score (nSPS) is 18.6. The number of rotatable bonds is 6. The van der Waals surface area contributed by atoms with Gasteiger partial charge in [-0.15, -0.1) is 0 Å². The SMILES string of the molecule is CC(=O)N1CCC(Nc2cc(C(=O)NCC(O)[C@@H]3Cc4ccccc4CN3C(=O)OC(C)(C)C)ncn2)CC1. The molecule has 3 amide bonds. The van der Waals surface area contributed by atoms with Crippen molar-refractivity contribution in [3.05, 3.63) is 53.5 Å². The van der Waals surface area contributed by atoms with E-state index in [9.17, 15) is 19.5 Å². The molecule has 0 bridgehead atoms. The van der Waals surface area contributed by atoms with Crippen LogP contribution in [0.25, 0.3) is 0 Å². The third-order valence-corrected chi connectivity index (χ3v) is 7.02. The molecule has 2 aliphatic rings. The van der Waals surface area contributed by atoms with Gasteiger partial charge in [0.05, 0.1) is 12.1 Å². The minimum Gasteiger partial charge on any atom is -0.444 e. The molecule has 1 unspecified atom stereocenters.